The molecule has 1 aromatic heterocycles. The Kier molecular flexibility index (Phi) is 6.69. The summed E-state index contributed by atoms with van der Waals surface area (Å²) < 4.78 is 27.9. The largest absolute Gasteiger partial charge is 0.330 e. The van der Waals surface area contributed by atoms with Gasteiger partial charge in [-0.05, 0) is 31.4 Å². The lowest BCUT2D eigenvalue weighted by Gasteiger charge is -2.03. The lowest BCUT2D eigenvalue weighted by atomic mass is 10.4. The Morgan fingerprint density at radius 3 is 2.94 bits per heavy atom. The second kappa shape index (κ2) is 7.78. The maximum Gasteiger partial charge on any atom is 0.243 e. The normalized spacial score (nSPS) is 11.9. The number of aryl methyl sites for hydroxylation is 1. The molecule has 104 valence electrons. The van der Waals surface area contributed by atoms with Crippen LogP contribution in [0.2, 0.25) is 0 Å². The number of nitrogens with one attached hydrogen (secondary N) is 1. The van der Waals surface area contributed by atoms with Crippen LogP contribution in [-0.4, -0.2) is 43.3 Å². The number of thioether (sulfide) groups is 1. The molecule has 8 heteroatoms. The van der Waals surface area contributed by atoms with Gasteiger partial charge in [-0.3, -0.25) is 4.68 Å². The maximum atomic E-state index is 11.9. The summed E-state index contributed by atoms with van der Waals surface area (Å²) in [7, 11) is -3.42. The van der Waals surface area contributed by atoms with Crippen LogP contribution < -0.4 is 10.5 Å². The van der Waals surface area contributed by atoms with E-state index in [0.29, 0.717) is 19.6 Å². The first-order chi connectivity index (χ1) is 8.60. The predicted octanol–water partition coefficient (Wildman–Crippen LogP) is 0.263. The molecular formula is C10H20N4O2S2. The molecule has 0 atom stereocenters. The average molecular weight is 292 g/mol. The number of aromatic nitrogens is 2. The van der Waals surface area contributed by atoms with E-state index in [-0.39, 0.29) is 4.90 Å². The van der Waals surface area contributed by atoms with Crippen LogP contribution in [0.15, 0.2) is 17.3 Å². The van der Waals surface area contributed by atoms with E-state index < -0.39 is 10.0 Å². The highest BCUT2D eigenvalue weighted by atomic mass is 32.2. The number of nitrogens with zero attached hydrogens (tertiary/aromatic N) is 2. The molecule has 0 amide bonds. The molecular weight excluding hydrogens is 272 g/mol. The van der Waals surface area contributed by atoms with Crippen LogP contribution in [0.3, 0.4) is 0 Å². The molecule has 0 aliphatic carbocycles. The summed E-state index contributed by atoms with van der Waals surface area (Å²) in [5.74, 6) is 0.943. The number of rotatable bonds is 9. The highest BCUT2D eigenvalue weighted by Gasteiger charge is 2.15. The average Bonchev–Trinajstić information content (AvgIpc) is 2.81. The minimum atomic E-state index is -3.42. The van der Waals surface area contributed by atoms with Gasteiger partial charge < -0.3 is 5.73 Å². The van der Waals surface area contributed by atoms with Crippen LogP contribution >= 0.6 is 11.8 Å². The van der Waals surface area contributed by atoms with E-state index in [1.54, 1.807) is 16.4 Å². The van der Waals surface area contributed by atoms with Crippen molar-refractivity contribution in [3.63, 3.8) is 0 Å². The zero-order valence-corrected chi connectivity index (χ0v) is 12.1. The summed E-state index contributed by atoms with van der Waals surface area (Å²) in [6.45, 7) is 1.66. The molecule has 0 fully saturated rings. The summed E-state index contributed by atoms with van der Waals surface area (Å²) >= 11 is 1.70. The van der Waals surface area contributed by atoms with Crippen LogP contribution in [0, 0.1) is 0 Å². The fraction of sp³-hybridized carbons (Fsp3) is 0.700. The van der Waals surface area contributed by atoms with Crippen LogP contribution in [-0.2, 0) is 16.6 Å². The zero-order valence-electron chi connectivity index (χ0n) is 10.5. The third-order valence-electron chi connectivity index (χ3n) is 2.33. The van der Waals surface area contributed by atoms with Gasteiger partial charge in [0.1, 0.15) is 4.90 Å². The van der Waals surface area contributed by atoms with Crippen molar-refractivity contribution in [3.8, 4) is 0 Å². The monoisotopic (exact) mass is 292 g/mol. The van der Waals surface area contributed by atoms with Gasteiger partial charge in [-0.25, -0.2) is 13.1 Å². The van der Waals surface area contributed by atoms with Crippen molar-refractivity contribution >= 4 is 21.8 Å². The van der Waals surface area contributed by atoms with E-state index in [1.807, 2.05) is 6.26 Å². The van der Waals surface area contributed by atoms with Gasteiger partial charge in [-0.15, -0.1) is 0 Å². The van der Waals surface area contributed by atoms with Gasteiger partial charge >= 0.3 is 0 Å². The van der Waals surface area contributed by atoms with Crippen LogP contribution in [0.25, 0.3) is 0 Å². The van der Waals surface area contributed by atoms with E-state index in [9.17, 15) is 8.42 Å². The molecule has 0 saturated carbocycles. The number of hydrogen-bond donors (Lipinski definition) is 2. The molecule has 0 spiro atoms. The molecule has 3 N–H and O–H groups in total. The smallest absolute Gasteiger partial charge is 0.243 e. The summed E-state index contributed by atoms with van der Waals surface area (Å²) in [6, 6.07) is 0. The van der Waals surface area contributed by atoms with Crippen molar-refractivity contribution in [2.24, 2.45) is 5.73 Å². The van der Waals surface area contributed by atoms with Crippen molar-refractivity contribution in [2.45, 2.75) is 24.3 Å². The van der Waals surface area contributed by atoms with E-state index in [4.69, 9.17) is 5.73 Å². The Morgan fingerprint density at radius 2 is 2.28 bits per heavy atom. The van der Waals surface area contributed by atoms with Gasteiger partial charge in [-0.1, -0.05) is 0 Å². The van der Waals surface area contributed by atoms with Gasteiger partial charge in [0.05, 0.1) is 6.20 Å². The quantitative estimate of drug-likeness (QED) is 0.637. The molecule has 0 unspecified atom stereocenters. The molecule has 0 aliphatic rings. The third-order valence-corrected chi connectivity index (χ3v) is 4.44. The Morgan fingerprint density at radius 1 is 1.50 bits per heavy atom. The first-order valence-corrected chi connectivity index (χ1v) is 8.69. The van der Waals surface area contributed by atoms with Gasteiger partial charge in [-0.2, -0.15) is 16.9 Å². The van der Waals surface area contributed by atoms with Crippen molar-refractivity contribution in [3.05, 3.63) is 12.4 Å². The summed E-state index contributed by atoms with van der Waals surface area (Å²) in [4.78, 5) is 0.212. The molecule has 0 aromatic carbocycles. The predicted molar refractivity (Wildman–Crippen MR) is 74.1 cm³/mol. The van der Waals surface area contributed by atoms with Gasteiger partial charge in [0.25, 0.3) is 0 Å². The SMILES string of the molecule is CSCCCNS(=O)(=O)c1cnn(CCCN)c1. The zero-order chi connectivity index (χ0) is 13.4. The van der Waals surface area contributed by atoms with Crippen LogP contribution in [0.5, 0.6) is 0 Å². The van der Waals surface area contributed by atoms with Gasteiger partial charge in [0.15, 0.2) is 0 Å². The van der Waals surface area contributed by atoms with Gasteiger partial charge in [0, 0.05) is 19.3 Å². The van der Waals surface area contributed by atoms with E-state index in [2.05, 4.69) is 9.82 Å². The molecule has 1 heterocycles. The highest BCUT2D eigenvalue weighted by molar-refractivity contribution is 7.98. The second-order valence-electron chi connectivity index (χ2n) is 3.83. The molecule has 0 bridgehead atoms. The fourth-order valence-electron chi connectivity index (χ4n) is 1.37. The molecule has 18 heavy (non-hydrogen) atoms. The van der Waals surface area contributed by atoms with Crippen LogP contribution in [0.4, 0.5) is 0 Å². The first-order valence-electron chi connectivity index (χ1n) is 5.81. The maximum absolute atomic E-state index is 11.9. The van der Waals surface area contributed by atoms with Crippen molar-refractivity contribution in [2.75, 3.05) is 25.1 Å². The number of sulfonamides is 1. The second-order valence-corrected chi connectivity index (χ2v) is 6.58. The van der Waals surface area contributed by atoms with Crippen LogP contribution in [0.1, 0.15) is 12.8 Å². The lowest BCUT2D eigenvalue weighted by Crippen LogP contribution is -2.24. The molecule has 0 radical (unpaired) electrons. The third kappa shape index (κ3) is 4.97. The first kappa shape index (κ1) is 15.5. The number of hydrogen-bond acceptors (Lipinski definition) is 5. The number of nitrogens with two attached hydrogens (primary N) is 1. The Labute approximate surface area is 112 Å². The van der Waals surface area contributed by atoms with Gasteiger partial charge in [0.2, 0.25) is 10.0 Å². The Balaban J connectivity index is 2.53. The molecule has 0 saturated heterocycles. The molecule has 6 nitrogen and oxygen atoms in total. The summed E-state index contributed by atoms with van der Waals surface area (Å²) in [5.41, 5.74) is 5.39. The molecule has 1 aromatic rings. The standard InChI is InChI=1S/C10H20N4O2S2/c1-17-7-3-5-13-18(15,16)10-8-12-14(9-10)6-2-4-11/h8-9,13H,2-7,11H2,1H3. The van der Waals surface area contributed by atoms with E-state index in [0.717, 1.165) is 18.6 Å². The van der Waals surface area contributed by atoms with Crippen molar-refractivity contribution in [1.29, 1.82) is 0 Å². The summed E-state index contributed by atoms with van der Waals surface area (Å²) in [5, 5.41) is 4.00. The Bertz CT molecular complexity index is 444. The minimum absolute atomic E-state index is 0.212. The molecule has 1 rings (SSSR count). The Hall–Kier alpha value is -0.570. The highest BCUT2D eigenvalue weighted by Crippen LogP contribution is 2.07. The van der Waals surface area contributed by atoms with E-state index in [1.165, 1.54) is 12.4 Å². The minimum Gasteiger partial charge on any atom is -0.330 e. The summed E-state index contributed by atoms with van der Waals surface area (Å²) in [6.07, 6.45) is 6.50. The van der Waals surface area contributed by atoms with Crippen molar-refractivity contribution in [1.82, 2.24) is 14.5 Å². The van der Waals surface area contributed by atoms with Crippen molar-refractivity contribution < 1.29 is 8.42 Å². The fourth-order valence-corrected chi connectivity index (χ4v) is 2.82. The molecule has 0 aliphatic heterocycles. The van der Waals surface area contributed by atoms with E-state index >= 15 is 0 Å². The lowest BCUT2D eigenvalue weighted by molar-refractivity contribution is 0.576. The topological polar surface area (TPSA) is 90.0 Å².